The van der Waals surface area contributed by atoms with Crippen molar-refractivity contribution in [3.63, 3.8) is 0 Å². The van der Waals surface area contributed by atoms with Gasteiger partial charge >= 0.3 is 5.97 Å². The molecule has 5 heteroatoms. The third kappa shape index (κ3) is 9.14. The molecule has 0 N–H and O–H groups in total. The molecule has 5 nitrogen and oxygen atoms in total. The van der Waals surface area contributed by atoms with Crippen molar-refractivity contribution in [1.29, 1.82) is 0 Å². The number of esters is 1. The normalized spacial score (nSPS) is 12.3. The first-order valence-corrected chi connectivity index (χ1v) is 14.7. The zero-order valence-electron chi connectivity index (χ0n) is 25.8. The minimum Gasteiger partial charge on any atom is -0.497 e. The van der Waals surface area contributed by atoms with Crippen molar-refractivity contribution in [2.45, 2.75) is 78.7 Å². The lowest BCUT2D eigenvalue weighted by atomic mass is 9.81. The maximum atomic E-state index is 12.1. The number of hydrogen-bond donors (Lipinski definition) is 0. The number of methoxy groups -OCH3 is 1. The van der Waals surface area contributed by atoms with E-state index in [4.69, 9.17) is 18.9 Å². The Kier molecular flexibility index (Phi) is 11.9. The number of benzene rings is 3. The molecule has 3 aromatic carbocycles. The Balaban J connectivity index is 1.86. The van der Waals surface area contributed by atoms with Crippen molar-refractivity contribution >= 4 is 5.97 Å². The van der Waals surface area contributed by atoms with E-state index in [-0.39, 0.29) is 17.3 Å². The summed E-state index contributed by atoms with van der Waals surface area (Å²) in [5, 5.41) is 0. The van der Waals surface area contributed by atoms with Gasteiger partial charge in [0, 0.05) is 11.5 Å². The van der Waals surface area contributed by atoms with Crippen molar-refractivity contribution in [2.75, 3.05) is 20.3 Å². The molecule has 220 valence electrons. The average molecular weight is 559 g/mol. The van der Waals surface area contributed by atoms with Crippen molar-refractivity contribution < 1.29 is 23.7 Å². The fourth-order valence-electron chi connectivity index (χ4n) is 4.76. The van der Waals surface area contributed by atoms with Crippen LogP contribution in [0.2, 0.25) is 0 Å². The van der Waals surface area contributed by atoms with Crippen LogP contribution in [0, 0.1) is 0 Å². The Morgan fingerprint density at radius 3 is 2.27 bits per heavy atom. The highest BCUT2D eigenvalue weighted by Crippen LogP contribution is 2.40. The molecule has 0 saturated carbocycles. The zero-order chi connectivity index (χ0) is 29.8. The maximum Gasteiger partial charge on any atom is 0.306 e. The van der Waals surface area contributed by atoms with Crippen LogP contribution in [0.4, 0.5) is 0 Å². The molecule has 41 heavy (non-hydrogen) atoms. The van der Waals surface area contributed by atoms with E-state index in [9.17, 15) is 4.79 Å². The van der Waals surface area contributed by atoms with Crippen LogP contribution < -0.4 is 14.2 Å². The van der Waals surface area contributed by atoms with Gasteiger partial charge in [-0.3, -0.25) is 4.79 Å². The van der Waals surface area contributed by atoms with Crippen LogP contribution in [0.1, 0.15) is 83.4 Å². The number of carbonyl (C=O) groups excluding carboxylic acids is 1. The molecular formula is C36H46O5. The first kappa shape index (κ1) is 31.8. The fourth-order valence-corrected chi connectivity index (χ4v) is 4.76. The van der Waals surface area contributed by atoms with Crippen LogP contribution in [0.15, 0.2) is 72.8 Å². The largest absolute Gasteiger partial charge is 0.497 e. The molecule has 0 radical (unpaired) electrons. The predicted octanol–water partition coefficient (Wildman–Crippen LogP) is 9.03. The summed E-state index contributed by atoms with van der Waals surface area (Å²) >= 11 is 0. The van der Waals surface area contributed by atoms with E-state index in [1.807, 2.05) is 62.4 Å². The van der Waals surface area contributed by atoms with Gasteiger partial charge in [-0.25, -0.2) is 0 Å². The van der Waals surface area contributed by atoms with Gasteiger partial charge in [0.1, 0.15) is 23.9 Å². The summed E-state index contributed by atoms with van der Waals surface area (Å²) < 4.78 is 23.2. The number of rotatable bonds is 14. The van der Waals surface area contributed by atoms with Crippen molar-refractivity contribution in [1.82, 2.24) is 0 Å². The van der Waals surface area contributed by atoms with Gasteiger partial charge in [0.2, 0.25) is 0 Å². The quantitative estimate of drug-likeness (QED) is 0.112. The van der Waals surface area contributed by atoms with E-state index >= 15 is 0 Å². The smallest absolute Gasteiger partial charge is 0.306 e. The van der Waals surface area contributed by atoms with Crippen LogP contribution >= 0.6 is 0 Å². The second-order valence-corrected chi connectivity index (χ2v) is 11.2. The van der Waals surface area contributed by atoms with Crippen LogP contribution in [0.5, 0.6) is 17.2 Å². The molecule has 3 rings (SSSR count). The van der Waals surface area contributed by atoms with Crippen LogP contribution in [0.25, 0.3) is 11.1 Å². The van der Waals surface area contributed by atoms with Gasteiger partial charge in [-0.2, -0.15) is 0 Å². The van der Waals surface area contributed by atoms with E-state index in [0.29, 0.717) is 26.2 Å². The summed E-state index contributed by atoms with van der Waals surface area (Å²) in [6.07, 6.45) is 6.39. The van der Waals surface area contributed by atoms with Crippen LogP contribution in [0.3, 0.4) is 0 Å². The van der Waals surface area contributed by atoms with E-state index in [2.05, 4.69) is 52.0 Å². The number of carbonyl (C=O) groups is 1. The summed E-state index contributed by atoms with van der Waals surface area (Å²) in [7, 11) is 1.69. The van der Waals surface area contributed by atoms with Crippen molar-refractivity contribution in [3.05, 3.63) is 89.5 Å². The summed E-state index contributed by atoms with van der Waals surface area (Å²) in [4.78, 5) is 12.1. The summed E-state index contributed by atoms with van der Waals surface area (Å²) in [5.41, 5.74) is 5.42. The van der Waals surface area contributed by atoms with Gasteiger partial charge in [0.05, 0.1) is 26.7 Å². The monoisotopic (exact) mass is 558 g/mol. The minimum absolute atomic E-state index is 0.0304. The molecule has 0 bridgehead atoms. The number of unbranched alkanes of at least 4 members (excludes halogenated alkanes) is 1. The lowest BCUT2D eigenvalue weighted by molar-refractivity contribution is -0.143. The SMILES string of the molecule is C/C=C/[C@H](CC(=O)OCC)c1ccc(OCc2ccc(C(C)(C)C)c(-c3cc(OC)ccc3OCCCC)c2)cc1. The molecule has 0 amide bonds. The van der Waals surface area contributed by atoms with Gasteiger partial charge in [-0.15, -0.1) is 0 Å². The fraction of sp³-hybridized carbons (Fsp3) is 0.417. The molecule has 0 aliphatic rings. The first-order chi connectivity index (χ1) is 19.7. The third-order valence-electron chi connectivity index (χ3n) is 6.95. The molecule has 1 atom stereocenters. The Labute approximate surface area is 246 Å². The lowest BCUT2D eigenvalue weighted by Crippen LogP contribution is -2.14. The molecular weight excluding hydrogens is 512 g/mol. The third-order valence-corrected chi connectivity index (χ3v) is 6.95. The average Bonchev–Trinajstić information content (AvgIpc) is 2.96. The highest BCUT2D eigenvalue weighted by Gasteiger charge is 2.22. The van der Waals surface area contributed by atoms with Crippen LogP contribution in [-0.4, -0.2) is 26.3 Å². The molecule has 0 aromatic heterocycles. The molecule has 0 aliphatic heterocycles. The molecule has 0 fully saturated rings. The topological polar surface area (TPSA) is 54.0 Å². The standard InChI is InChI=1S/C36H46O5/c1-8-11-21-40-34-20-18-30(38-7)24-32(34)31-22-26(13-19-33(31)36(4,5)6)25-41-29-16-14-27(15-17-29)28(12-9-2)23-35(37)39-10-3/h9,12-20,22,24,28H,8,10-11,21,23,25H2,1-7H3/b12-9+/t28-/m1/s1. The predicted molar refractivity (Wildman–Crippen MR) is 167 cm³/mol. The molecule has 0 aliphatic carbocycles. The first-order valence-electron chi connectivity index (χ1n) is 14.7. The number of allylic oxidation sites excluding steroid dienone is 2. The Bertz CT molecular complexity index is 1280. The molecule has 3 aromatic rings. The number of hydrogen-bond acceptors (Lipinski definition) is 5. The Morgan fingerprint density at radius 1 is 0.902 bits per heavy atom. The summed E-state index contributed by atoms with van der Waals surface area (Å²) in [6.45, 7) is 14.1. The number of ether oxygens (including phenoxy) is 4. The maximum absolute atomic E-state index is 12.1. The van der Waals surface area contributed by atoms with E-state index in [0.717, 1.165) is 52.3 Å². The second-order valence-electron chi connectivity index (χ2n) is 11.2. The van der Waals surface area contributed by atoms with Crippen molar-refractivity contribution in [3.8, 4) is 28.4 Å². The zero-order valence-corrected chi connectivity index (χ0v) is 25.8. The minimum atomic E-state index is -0.194. The molecule has 0 heterocycles. The van der Waals surface area contributed by atoms with Gasteiger partial charge < -0.3 is 18.9 Å². The van der Waals surface area contributed by atoms with Gasteiger partial charge in [-0.1, -0.05) is 70.5 Å². The molecule has 0 saturated heterocycles. The summed E-state index contributed by atoms with van der Waals surface area (Å²) in [5.74, 6) is 2.20. The van der Waals surface area contributed by atoms with E-state index in [1.54, 1.807) is 7.11 Å². The Morgan fingerprint density at radius 2 is 1.63 bits per heavy atom. The lowest BCUT2D eigenvalue weighted by Gasteiger charge is -2.25. The van der Waals surface area contributed by atoms with Crippen molar-refractivity contribution in [2.24, 2.45) is 0 Å². The molecule has 0 spiro atoms. The van der Waals surface area contributed by atoms with Gasteiger partial charge in [-0.05, 0) is 84.3 Å². The highest BCUT2D eigenvalue weighted by molar-refractivity contribution is 5.76. The van der Waals surface area contributed by atoms with Gasteiger partial charge in [0.15, 0.2) is 0 Å². The Hall–Kier alpha value is -3.73. The summed E-state index contributed by atoms with van der Waals surface area (Å²) in [6, 6.07) is 20.5. The molecule has 0 unspecified atom stereocenters. The second kappa shape index (κ2) is 15.3. The van der Waals surface area contributed by atoms with E-state index < -0.39 is 0 Å². The van der Waals surface area contributed by atoms with Gasteiger partial charge in [0.25, 0.3) is 0 Å². The van der Waals surface area contributed by atoms with Crippen LogP contribution in [-0.2, 0) is 21.6 Å². The van der Waals surface area contributed by atoms with E-state index in [1.165, 1.54) is 5.56 Å². The highest BCUT2D eigenvalue weighted by atomic mass is 16.5.